The van der Waals surface area contributed by atoms with Crippen LogP contribution in [0.15, 0.2) is 47.6 Å². The summed E-state index contributed by atoms with van der Waals surface area (Å²) >= 11 is 6.01. The van der Waals surface area contributed by atoms with Crippen molar-refractivity contribution in [1.82, 2.24) is 10.7 Å². The monoisotopic (exact) mass is 405 g/mol. The van der Waals surface area contributed by atoms with Crippen molar-refractivity contribution in [2.45, 2.75) is 32.9 Å². The summed E-state index contributed by atoms with van der Waals surface area (Å²) in [6.45, 7) is 3.91. The summed E-state index contributed by atoms with van der Waals surface area (Å²) < 4.78 is 18.7. The number of carbonyl (C=O) groups is 2. The first kappa shape index (κ1) is 21.4. The molecule has 28 heavy (non-hydrogen) atoms. The van der Waals surface area contributed by atoms with Crippen molar-refractivity contribution in [2.75, 3.05) is 0 Å². The molecule has 1 atom stereocenters. The van der Waals surface area contributed by atoms with Gasteiger partial charge in [-0.3, -0.25) is 9.59 Å². The molecular formula is C20H21ClFN3O3. The van der Waals surface area contributed by atoms with Crippen LogP contribution in [0.25, 0.3) is 0 Å². The molecule has 2 N–H and O–H groups in total. The van der Waals surface area contributed by atoms with E-state index in [0.29, 0.717) is 22.8 Å². The second-order valence-electron chi connectivity index (χ2n) is 6.08. The number of ether oxygens (including phenoxy) is 1. The molecule has 0 bridgehead atoms. The van der Waals surface area contributed by atoms with Crippen LogP contribution in [0.1, 0.15) is 31.4 Å². The largest absolute Gasteiger partial charge is 0.488 e. The third kappa shape index (κ3) is 6.66. The molecule has 0 heterocycles. The number of benzene rings is 2. The minimum absolute atomic E-state index is 0.110. The number of hydrogen-bond acceptors (Lipinski definition) is 4. The maximum Gasteiger partial charge on any atom is 0.329 e. The predicted molar refractivity (Wildman–Crippen MR) is 106 cm³/mol. The first-order valence-corrected chi connectivity index (χ1v) is 9.07. The summed E-state index contributed by atoms with van der Waals surface area (Å²) in [5.41, 5.74) is 3.46. The number of nitrogens with one attached hydrogen (secondary N) is 2. The quantitative estimate of drug-likeness (QED) is 0.421. The molecule has 0 aliphatic heterocycles. The third-order valence-electron chi connectivity index (χ3n) is 3.85. The van der Waals surface area contributed by atoms with Crippen LogP contribution < -0.4 is 15.5 Å². The highest BCUT2D eigenvalue weighted by Gasteiger charge is 2.14. The molecule has 148 valence electrons. The standard InChI is InChI=1S/C20H21ClFN3O3/c1-3-13(2)24-19(26)20(27)25-23-11-15-10-16(21)6-9-18(15)28-12-14-4-7-17(22)8-5-14/h4-11,13H,3,12H2,1-2H3,(H,24,26)(H,25,27)/b23-11-/t13-/m1/s1. The second-order valence-corrected chi connectivity index (χ2v) is 6.52. The van der Waals surface area contributed by atoms with Crippen LogP contribution in [0.4, 0.5) is 4.39 Å². The van der Waals surface area contributed by atoms with Crippen LogP contribution in [-0.4, -0.2) is 24.1 Å². The first-order valence-electron chi connectivity index (χ1n) is 8.69. The number of hydrazone groups is 1. The Bertz CT molecular complexity index is 856. The van der Waals surface area contributed by atoms with E-state index < -0.39 is 11.8 Å². The SMILES string of the molecule is CC[C@@H](C)NC(=O)C(=O)N/N=C\c1cc(Cl)ccc1OCc1ccc(F)cc1. The van der Waals surface area contributed by atoms with Gasteiger partial charge in [0.1, 0.15) is 18.2 Å². The maximum absolute atomic E-state index is 13.0. The van der Waals surface area contributed by atoms with E-state index in [1.165, 1.54) is 18.3 Å². The normalized spacial score (nSPS) is 11.9. The average molecular weight is 406 g/mol. The van der Waals surface area contributed by atoms with Crippen molar-refractivity contribution >= 4 is 29.6 Å². The number of amides is 2. The van der Waals surface area contributed by atoms with Gasteiger partial charge in [-0.2, -0.15) is 5.10 Å². The van der Waals surface area contributed by atoms with Gasteiger partial charge in [-0.05, 0) is 49.2 Å². The first-order chi connectivity index (χ1) is 13.4. The molecule has 0 saturated heterocycles. The fourth-order valence-electron chi connectivity index (χ4n) is 2.10. The van der Waals surface area contributed by atoms with Gasteiger partial charge in [-0.25, -0.2) is 9.82 Å². The Kier molecular flexibility index (Phi) is 7.95. The lowest BCUT2D eigenvalue weighted by Crippen LogP contribution is -2.41. The lowest BCUT2D eigenvalue weighted by Gasteiger charge is -2.10. The smallest absolute Gasteiger partial charge is 0.329 e. The van der Waals surface area contributed by atoms with Crippen LogP contribution in [-0.2, 0) is 16.2 Å². The van der Waals surface area contributed by atoms with Crippen LogP contribution in [0.2, 0.25) is 5.02 Å². The van der Waals surface area contributed by atoms with E-state index in [2.05, 4.69) is 15.8 Å². The molecular weight excluding hydrogens is 385 g/mol. The lowest BCUT2D eigenvalue weighted by atomic mass is 10.2. The molecule has 2 rings (SSSR count). The Morgan fingerprint density at radius 3 is 2.61 bits per heavy atom. The van der Waals surface area contributed by atoms with Crippen LogP contribution in [0.3, 0.4) is 0 Å². The summed E-state index contributed by atoms with van der Waals surface area (Å²) in [5.74, 6) is -1.48. The summed E-state index contributed by atoms with van der Waals surface area (Å²) in [6.07, 6.45) is 2.04. The zero-order valence-corrected chi connectivity index (χ0v) is 16.3. The minimum atomic E-state index is -0.868. The maximum atomic E-state index is 13.0. The molecule has 0 fully saturated rings. The van der Waals surface area contributed by atoms with Gasteiger partial charge in [0.2, 0.25) is 0 Å². The second kappa shape index (κ2) is 10.4. The number of rotatable bonds is 7. The van der Waals surface area contributed by atoms with Gasteiger partial charge in [0.25, 0.3) is 0 Å². The van der Waals surface area contributed by atoms with Gasteiger partial charge in [0, 0.05) is 16.6 Å². The molecule has 0 unspecified atom stereocenters. The Morgan fingerprint density at radius 1 is 1.21 bits per heavy atom. The van der Waals surface area contributed by atoms with E-state index in [-0.39, 0.29) is 18.5 Å². The zero-order chi connectivity index (χ0) is 20.5. The molecule has 2 aromatic rings. The van der Waals surface area contributed by atoms with E-state index in [0.717, 1.165) is 5.56 Å². The highest BCUT2D eigenvalue weighted by atomic mass is 35.5. The highest BCUT2D eigenvalue weighted by molar-refractivity contribution is 6.35. The summed E-state index contributed by atoms with van der Waals surface area (Å²) in [6, 6.07) is 10.7. The van der Waals surface area contributed by atoms with Crippen molar-refractivity contribution in [3.05, 3.63) is 64.4 Å². The number of nitrogens with zero attached hydrogens (tertiary/aromatic N) is 1. The van der Waals surface area contributed by atoms with Crippen molar-refractivity contribution in [1.29, 1.82) is 0 Å². The molecule has 2 aromatic carbocycles. The van der Waals surface area contributed by atoms with Gasteiger partial charge >= 0.3 is 11.8 Å². The average Bonchev–Trinajstić information content (AvgIpc) is 2.68. The lowest BCUT2D eigenvalue weighted by molar-refractivity contribution is -0.139. The molecule has 0 radical (unpaired) electrons. The van der Waals surface area contributed by atoms with E-state index in [1.54, 1.807) is 37.3 Å². The minimum Gasteiger partial charge on any atom is -0.488 e. The molecule has 0 aromatic heterocycles. The zero-order valence-electron chi connectivity index (χ0n) is 15.5. The summed E-state index contributed by atoms with van der Waals surface area (Å²) in [5, 5.41) is 6.79. The Labute approximate surface area is 167 Å². The fraction of sp³-hybridized carbons (Fsp3) is 0.250. The van der Waals surface area contributed by atoms with Gasteiger partial charge < -0.3 is 10.1 Å². The number of halogens is 2. The van der Waals surface area contributed by atoms with E-state index >= 15 is 0 Å². The fourth-order valence-corrected chi connectivity index (χ4v) is 2.28. The topological polar surface area (TPSA) is 79.8 Å². The van der Waals surface area contributed by atoms with Crippen molar-refractivity contribution < 1.29 is 18.7 Å². The van der Waals surface area contributed by atoms with Crippen LogP contribution in [0.5, 0.6) is 5.75 Å². The van der Waals surface area contributed by atoms with E-state index in [9.17, 15) is 14.0 Å². The molecule has 0 aliphatic rings. The van der Waals surface area contributed by atoms with Gasteiger partial charge in [-0.15, -0.1) is 0 Å². The molecule has 6 nitrogen and oxygen atoms in total. The predicted octanol–water partition coefficient (Wildman–Crippen LogP) is 3.42. The van der Waals surface area contributed by atoms with Crippen LogP contribution >= 0.6 is 11.6 Å². The van der Waals surface area contributed by atoms with Gasteiger partial charge in [0.05, 0.1) is 6.21 Å². The third-order valence-corrected chi connectivity index (χ3v) is 4.08. The van der Waals surface area contributed by atoms with Gasteiger partial charge in [-0.1, -0.05) is 30.7 Å². The molecule has 0 aliphatic carbocycles. The molecule has 8 heteroatoms. The number of carbonyl (C=O) groups excluding carboxylic acids is 2. The Hall–Kier alpha value is -2.93. The Balaban J connectivity index is 2.01. The Morgan fingerprint density at radius 2 is 1.93 bits per heavy atom. The van der Waals surface area contributed by atoms with Crippen molar-refractivity contribution in [2.24, 2.45) is 5.10 Å². The molecule has 2 amide bonds. The summed E-state index contributed by atoms with van der Waals surface area (Å²) in [7, 11) is 0. The van der Waals surface area contributed by atoms with E-state index in [1.807, 2.05) is 6.92 Å². The van der Waals surface area contributed by atoms with Crippen molar-refractivity contribution in [3.63, 3.8) is 0 Å². The number of hydrogen-bond donors (Lipinski definition) is 2. The molecule has 0 saturated carbocycles. The molecule has 0 spiro atoms. The van der Waals surface area contributed by atoms with Crippen LogP contribution in [0, 0.1) is 5.82 Å². The highest BCUT2D eigenvalue weighted by Crippen LogP contribution is 2.22. The van der Waals surface area contributed by atoms with Crippen molar-refractivity contribution in [3.8, 4) is 5.75 Å². The van der Waals surface area contributed by atoms with Gasteiger partial charge in [0.15, 0.2) is 0 Å². The summed E-state index contributed by atoms with van der Waals surface area (Å²) in [4.78, 5) is 23.4. The van der Waals surface area contributed by atoms with E-state index in [4.69, 9.17) is 16.3 Å².